The molecule has 96 valence electrons. The molecule has 0 radical (unpaired) electrons. The maximum atomic E-state index is 3.52. The van der Waals surface area contributed by atoms with Gasteiger partial charge >= 0.3 is 0 Å². The molecule has 1 aromatic carbocycles. The molecule has 0 aromatic heterocycles. The molecule has 1 aromatic rings. The third kappa shape index (κ3) is 5.85. The fraction of sp³-hybridized carbons (Fsp3) is 0.600. The van der Waals surface area contributed by atoms with E-state index in [2.05, 4.69) is 69.2 Å². The highest BCUT2D eigenvalue weighted by atomic mass is 15.1. The Bertz CT molecular complexity index is 339. The summed E-state index contributed by atoms with van der Waals surface area (Å²) in [5.41, 5.74) is 2.93. The van der Waals surface area contributed by atoms with Crippen molar-refractivity contribution in [3.05, 3.63) is 35.4 Å². The highest BCUT2D eigenvalue weighted by Gasteiger charge is 2.08. The molecule has 0 saturated heterocycles. The molecular formula is C15H26N2. The predicted molar refractivity (Wildman–Crippen MR) is 75.0 cm³/mol. The van der Waals surface area contributed by atoms with Crippen molar-refractivity contribution in [2.45, 2.75) is 46.3 Å². The lowest BCUT2D eigenvalue weighted by Crippen LogP contribution is -2.35. The van der Waals surface area contributed by atoms with Gasteiger partial charge in [0.05, 0.1) is 0 Å². The fourth-order valence-corrected chi connectivity index (χ4v) is 1.63. The molecule has 0 heterocycles. The van der Waals surface area contributed by atoms with Crippen LogP contribution in [0.3, 0.4) is 0 Å². The summed E-state index contributed by atoms with van der Waals surface area (Å²) >= 11 is 0. The van der Waals surface area contributed by atoms with E-state index in [4.69, 9.17) is 0 Å². The number of hydrogen-bond donors (Lipinski definition) is 1. The minimum Gasteiger partial charge on any atom is -0.308 e. The summed E-state index contributed by atoms with van der Waals surface area (Å²) in [4.78, 5) is 2.32. The van der Waals surface area contributed by atoms with Gasteiger partial charge in [-0.2, -0.15) is 0 Å². The van der Waals surface area contributed by atoms with E-state index in [0.29, 0.717) is 0 Å². The van der Waals surface area contributed by atoms with Crippen LogP contribution >= 0.6 is 0 Å². The summed E-state index contributed by atoms with van der Waals surface area (Å²) in [6, 6.07) is 8.84. The third-order valence-corrected chi connectivity index (χ3v) is 2.81. The molecule has 0 aliphatic heterocycles. The number of benzene rings is 1. The van der Waals surface area contributed by atoms with Crippen molar-refractivity contribution in [2.75, 3.05) is 13.6 Å². The van der Waals surface area contributed by atoms with Crippen molar-refractivity contribution in [3.8, 4) is 0 Å². The molecule has 0 amide bonds. The molecule has 17 heavy (non-hydrogen) atoms. The van der Waals surface area contributed by atoms with E-state index in [1.807, 2.05) is 0 Å². The Hall–Kier alpha value is -0.860. The molecule has 2 heteroatoms. The van der Waals surface area contributed by atoms with Crippen LogP contribution in [0.15, 0.2) is 24.3 Å². The number of nitrogens with zero attached hydrogens (tertiary/aromatic N) is 1. The number of hydrogen-bond acceptors (Lipinski definition) is 2. The second kappa shape index (κ2) is 6.18. The van der Waals surface area contributed by atoms with Gasteiger partial charge in [-0.25, -0.2) is 0 Å². The van der Waals surface area contributed by atoms with Crippen LogP contribution in [0.1, 0.15) is 38.8 Å². The van der Waals surface area contributed by atoms with Crippen LogP contribution in [-0.4, -0.2) is 24.0 Å². The lowest BCUT2D eigenvalue weighted by atomic mass is 10.1. The molecule has 0 spiro atoms. The van der Waals surface area contributed by atoms with Crippen LogP contribution in [0.2, 0.25) is 0 Å². The zero-order valence-corrected chi connectivity index (χ0v) is 11.9. The van der Waals surface area contributed by atoms with Crippen LogP contribution in [-0.2, 0) is 13.1 Å². The first-order valence-corrected chi connectivity index (χ1v) is 6.42. The van der Waals surface area contributed by atoms with Crippen LogP contribution in [0.25, 0.3) is 0 Å². The standard InChI is InChI=1S/C15H26N2/c1-6-17(5)12-14-9-7-8-13(10-14)11-16-15(2,3)4/h7-10,16H,6,11-12H2,1-5H3. The van der Waals surface area contributed by atoms with E-state index in [9.17, 15) is 0 Å². The monoisotopic (exact) mass is 234 g/mol. The second-order valence-corrected chi connectivity index (χ2v) is 5.75. The lowest BCUT2D eigenvalue weighted by molar-refractivity contribution is 0.345. The SMILES string of the molecule is CCN(C)Cc1cccc(CNC(C)(C)C)c1. The summed E-state index contributed by atoms with van der Waals surface area (Å²) in [5.74, 6) is 0. The van der Waals surface area contributed by atoms with E-state index in [1.54, 1.807) is 0 Å². The average Bonchev–Trinajstić information content (AvgIpc) is 2.26. The Balaban J connectivity index is 2.60. The van der Waals surface area contributed by atoms with Gasteiger partial charge in [0.2, 0.25) is 0 Å². The van der Waals surface area contributed by atoms with Gasteiger partial charge in [-0.05, 0) is 45.5 Å². The first-order chi connectivity index (χ1) is 7.90. The molecule has 0 saturated carbocycles. The topological polar surface area (TPSA) is 15.3 Å². The highest BCUT2D eigenvalue weighted by molar-refractivity contribution is 5.23. The Labute approximate surface area is 106 Å². The van der Waals surface area contributed by atoms with Crippen molar-refractivity contribution in [1.82, 2.24) is 10.2 Å². The maximum Gasteiger partial charge on any atom is 0.0230 e. The molecule has 1 N–H and O–H groups in total. The zero-order chi connectivity index (χ0) is 12.9. The molecule has 0 bridgehead atoms. The van der Waals surface area contributed by atoms with Crippen LogP contribution in [0, 0.1) is 0 Å². The normalized spacial score (nSPS) is 12.1. The minimum atomic E-state index is 0.177. The highest BCUT2D eigenvalue weighted by Crippen LogP contribution is 2.09. The largest absolute Gasteiger partial charge is 0.308 e. The predicted octanol–water partition coefficient (Wildman–Crippen LogP) is 3.03. The van der Waals surface area contributed by atoms with Crippen molar-refractivity contribution in [1.29, 1.82) is 0 Å². The molecular weight excluding hydrogens is 208 g/mol. The second-order valence-electron chi connectivity index (χ2n) is 5.75. The van der Waals surface area contributed by atoms with E-state index < -0.39 is 0 Å². The first kappa shape index (κ1) is 14.2. The van der Waals surface area contributed by atoms with E-state index in [0.717, 1.165) is 19.6 Å². The van der Waals surface area contributed by atoms with Gasteiger partial charge in [-0.3, -0.25) is 0 Å². The Morgan fingerprint density at radius 1 is 1.18 bits per heavy atom. The van der Waals surface area contributed by atoms with Gasteiger partial charge in [-0.15, -0.1) is 0 Å². The van der Waals surface area contributed by atoms with Crippen molar-refractivity contribution < 1.29 is 0 Å². The van der Waals surface area contributed by atoms with Crippen LogP contribution < -0.4 is 5.32 Å². The summed E-state index contributed by atoms with van der Waals surface area (Å²) in [5, 5.41) is 3.52. The summed E-state index contributed by atoms with van der Waals surface area (Å²) in [7, 11) is 2.15. The van der Waals surface area contributed by atoms with Crippen LogP contribution in [0.4, 0.5) is 0 Å². The summed E-state index contributed by atoms with van der Waals surface area (Å²) in [6.07, 6.45) is 0. The van der Waals surface area contributed by atoms with Crippen LogP contribution in [0.5, 0.6) is 0 Å². The first-order valence-electron chi connectivity index (χ1n) is 6.42. The number of rotatable bonds is 5. The van der Waals surface area contributed by atoms with Gasteiger partial charge in [-0.1, -0.05) is 31.2 Å². The minimum absolute atomic E-state index is 0.177. The average molecular weight is 234 g/mol. The molecule has 0 atom stereocenters. The smallest absolute Gasteiger partial charge is 0.0230 e. The molecule has 0 aliphatic rings. The summed E-state index contributed by atoms with van der Waals surface area (Å²) < 4.78 is 0. The lowest BCUT2D eigenvalue weighted by Gasteiger charge is -2.21. The van der Waals surface area contributed by atoms with Gasteiger partial charge in [0, 0.05) is 18.6 Å². The molecule has 1 rings (SSSR count). The molecule has 0 fully saturated rings. The molecule has 0 aliphatic carbocycles. The number of nitrogens with one attached hydrogen (secondary N) is 1. The fourth-order valence-electron chi connectivity index (χ4n) is 1.63. The molecule has 2 nitrogen and oxygen atoms in total. The Kier molecular flexibility index (Phi) is 5.16. The molecule has 0 unspecified atom stereocenters. The van der Waals surface area contributed by atoms with Crippen molar-refractivity contribution in [3.63, 3.8) is 0 Å². The van der Waals surface area contributed by atoms with Gasteiger partial charge in [0.15, 0.2) is 0 Å². The summed E-state index contributed by atoms with van der Waals surface area (Å²) in [6.45, 7) is 11.8. The third-order valence-electron chi connectivity index (χ3n) is 2.81. The van der Waals surface area contributed by atoms with Gasteiger partial charge in [0.1, 0.15) is 0 Å². The van der Waals surface area contributed by atoms with Gasteiger partial charge in [0.25, 0.3) is 0 Å². The Morgan fingerprint density at radius 2 is 1.82 bits per heavy atom. The quantitative estimate of drug-likeness (QED) is 0.842. The van der Waals surface area contributed by atoms with Crippen molar-refractivity contribution >= 4 is 0 Å². The zero-order valence-electron chi connectivity index (χ0n) is 11.9. The van der Waals surface area contributed by atoms with E-state index in [-0.39, 0.29) is 5.54 Å². The van der Waals surface area contributed by atoms with E-state index >= 15 is 0 Å². The van der Waals surface area contributed by atoms with E-state index in [1.165, 1.54) is 11.1 Å². The van der Waals surface area contributed by atoms with Gasteiger partial charge < -0.3 is 10.2 Å². The van der Waals surface area contributed by atoms with Crippen molar-refractivity contribution in [2.24, 2.45) is 0 Å². The Morgan fingerprint density at radius 3 is 2.41 bits per heavy atom. The maximum absolute atomic E-state index is 3.52.